The summed E-state index contributed by atoms with van der Waals surface area (Å²) in [6.45, 7) is 3.13. The zero-order valence-corrected chi connectivity index (χ0v) is 13.4. The number of aromatic amines is 1. The number of nitrogens with zero attached hydrogens (tertiary/aromatic N) is 3. The lowest BCUT2D eigenvalue weighted by molar-refractivity contribution is -0.0377. The van der Waals surface area contributed by atoms with E-state index in [1.165, 1.54) is 6.20 Å². The van der Waals surface area contributed by atoms with Crippen molar-refractivity contribution in [2.24, 2.45) is 0 Å². The quantitative estimate of drug-likeness (QED) is 0.584. The highest BCUT2D eigenvalue weighted by Gasteiger charge is 2.44. The first-order valence-electron chi connectivity index (χ1n) is 7.77. The maximum Gasteiger partial charge on any atom is 0.269 e. The van der Waals surface area contributed by atoms with Crippen LogP contribution < -0.4 is 5.32 Å². The standard InChI is InChI=1S/C16H21N5O3/c1-11-4-12(6-17-5-11)7-21-8-14(22)16(24,10-21)9-18-15(23)13-2-3-19-20-13/h2-6,14,22,24H,7-10H2,1H3,(H,18,23)(H,19,20)/t14-,16+/m1/s1. The first kappa shape index (κ1) is 16.6. The molecule has 0 spiro atoms. The molecule has 0 unspecified atom stereocenters. The van der Waals surface area contributed by atoms with E-state index in [0.717, 1.165) is 11.1 Å². The molecular weight excluding hydrogens is 310 g/mol. The van der Waals surface area contributed by atoms with E-state index in [-0.39, 0.29) is 19.0 Å². The van der Waals surface area contributed by atoms with Crippen LogP contribution in [0.3, 0.4) is 0 Å². The fraction of sp³-hybridized carbons (Fsp3) is 0.438. The number of aliphatic hydroxyl groups is 2. The third-order valence-corrected chi connectivity index (χ3v) is 4.19. The maximum atomic E-state index is 11.9. The lowest BCUT2D eigenvalue weighted by Crippen LogP contribution is -2.51. The molecule has 0 saturated carbocycles. The minimum absolute atomic E-state index is 0.0331. The van der Waals surface area contributed by atoms with Gasteiger partial charge in [0, 0.05) is 38.2 Å². The fourth-order valence-corrected chi connectivity index (χ4v) is 2.94. The van der Waals surface area contributed by atoms with Gasteiger partial charge in [-0.3, -0.25) is 19.8 Å². The topological polar surface area (TPSA) is 114 Å². The van der Waals surface area contributed by atoms with Gasteiger partial charge in [0.15, 0.2) is 0 Å². The van der Waals surface area contributed by atoms with Crippen molar-refractivity contribution in [2.75, 3.05) is 19.6 Å². The van der Waals surface area contributed by atoms with Crippen molar-refractivity contribution >= 4 is 5.91 Å². The molecule has 3 rings (SSSR count). The molecule has 24 heavy (non-hydrogen) atoms. The highest BCUT2D eigenvalue weighted by Crippen LogP contribution is 2.23. The molecule has 0 aliphatic carbocycles. The average molecular weight is 331 g/mol. The Bertz CT molecular complexity index is 705. The van der Waals surface area contributed by atoms with E-state index < -0.39 is 11.7 Å². The second-order valence-corrected chi connectivity index (χ2v) is 6.31. The molecule has 2 atom stereocenters. The van der Waals surface area contributed by atoms with E-state index in [9.17, 15) is 15.0 Å². The molecule has 0 bridgehead atoms. The van der Waals surface area contributed by atoms with Crippen molar-refractivity contribution in [3.8, 4) is 0 Å². The predicted molar refractivity (Wildman–Crippen MR) is 86.1 cm³/mol. The second-order valence-electron chi connectivity index (χ2n) is 6.31. The number of aliphatic hydroxyl groups excluding tert-OH is 1. The molecule has 1 fully saturated rings. The zero-order chi connectivity index (χ0) is 17.2. The summed E-state index contributed by atoms with van der Waals surface area (Å²) < 4.78 is 0. The van der Waals surface area contributed by atoms with Crippen LogP contribution in [0, 0.1) is 6.92 Å². The van der Waals surface area contributed by atoms with Crippen LogP contribution in [0.25, 0.3) is 0 Å². The van der Waals surface area contributed by atoms with E-state index in [4.69, 9.17) is 0 Å². The van der Waals surface area contributed by atoms with Gasteiger partial charge in [0.25, 0.3) is 5.91 Å². The molecule has 0 aromatic carbocycles. The summed E-state index contributed by atoms with van der Waals surface area (Å²) in [4.78, 5) is 18.0. The van der Waals surface area contributed by atoms with Crippen LogP contribution in [-0.2, 0) is 6.54 Å². The number of hydrogen-bond donors (Lipinski definition) is 4. The van der Waals surface area contributed by atoms with Gasteiger partial charge in [-0.15, -0.1) is 0 Å². The monoisotopic (exact) mass is 331 g/mol. The van der Waals surface area contributed by atoms with Gasteiger partial charge in [0.05, 0.1) is 12.6 Å². The van der Waals surface area contributed by atoms with Gasteiger partial charge >= 0.3 is 0 Å². The zero-order valence-electron chi connectivity index (χ0n) is 13.4. The number of aromatic nitrogens is 3. The number of rotatable bonds is 5. The Morgan fingerprint density at radius 3 is 3.08 bits per heavy atom. The van der Waals surface area contributed by atoms with Crippen molar-refractivity contribution in [1.82, 2.24) is 25.4 Å². The molecule has 1 aliphatic rings. The SMILES string of the molecule is Cc1cncc(CN2C[C@@H](O)[C@](O)(CNC(=O)c3ccn[nH]3)C2)c1. The Labute approximate surface area is 139 Å². The van der Waals surface area contributed by atoms with E-state index in [0.29, 0.717) is 18.8 Å². The predicted octanol–water partition coefficient (Wildman–Crippen LogP) is -0.549. The summed E-state index contributed by atoms with van der Waals surface area (Å²) in [5.41, 5.74) is 1.02. The number of hydrogen-bond acceptors (Lipinski definition) is 6. The third kappa shape index (κ3) is 3.61. The normalized spacial score (nSPS) is 24.2. The highest BCUT2D eigenvalue weighted by atomic mass is 16.3. The van der Waals surface area contributed by atoms with Crippen LogP contribution in [0.4, 0.5) is 0 Å². The number of carbonyl (C=O) groups excluding carboxylic acids is 1. The van der Waals surface area contributed by atoms with Crippen LogP contribution >= 0.6 is 0 Å². The first-order chi connectivity index (χ1) is 11.5. The average Bonchev–Trinajstić information content (AvgIpc) is 3.15. The minimum atomic E-state index is -1.38. The molecule has 1 saturated heterocycles. The Kier molecular flexibility index (Phi) is 4.61. The second kappa shape index (κ2) is 6.68. The van der Waals surface area contributed by atoms with E-state index in [2.05, 4.69) is 20.5 Å². The molecule has 8 nitrogen and oxygen atoms in total. The Hall–Kier alpha value is -2.29. The number of likely N-dealkylation sites (tertiary alicyclic amines) is 1. The number of carbonyl (C=O) groups is 1. The van der Waals surface area contributed by atoms with Gasteiger partial charge in [0.1, 0.15) is 11.3 Å². The Morgan fingerprint density at radius 1 is 1.54 bits per heavy atom. The number of β-amino-alcohol motifs (C(OH)–C–C–N with tert-alkyl or cyclic N) is 2. The number of pyridine rings is 1. The summed E-state index contributed by atoms with van der Waals surface area (Å²) in [7, 11) is 0. The Morgan fingerprint density at radius 2 is 2.38 bits per heavy atom. The molecule has 0 radical (unpaired) electrons. The molecule has 4 N–H and O–H groups in total. The summed E-state index contributed by atoms with van der Waals surface area (Å²) >= 11 is 0. The van der Waals surface area contributed by atoms with Crippen LogP contribution in [0.2, 0.25) is 0 Å². The number of amides is 1. The molecule has 1 amide bonds. The van der Waals surface area contributed by atoms with Crippen molar-refractivity contribution in [1.29, 1.82) is 0 Å². The first-order valence-corrected chi connectivity index (χ1v) is 7.77. The van der Waals surface area contributed by atoms with Crippen LogP contribution in [0.1, 0.15) is 21.6 Å². The summed E-state index contributed by atoms with van der Waals surface area (Å²) in [6.07, 6.45) is 4.10. The van der Waals surface area contributed by atoms with Crippen molar-refractivity contribution in [3.63, 3.8) is 0 Å². The lowest BCUT2D eigenvalue weighted by atomic mass is 10.0. The van der Waals surface area contributed by atoms with Crippen molar-refractivity contribution in [3.05, 3.63) is 47.5 Å². The van der Waals surface area contributed by atoms with Gasteiger partial charge < -0.3 is 15.5 Å². The van der Waals surface area contributed by atoms with Crippen LogP contribution in [-0.4, -0.2) is 67.5 Å². The maximum absolute atomic E-state index is 11.9. The van der Waals surface area contributed by atoms with Gasteiger partial charge in [-0.1, -0.05) is 6.07 Å². The molecule has 128 valence electrons. The summed E-state index contributed by atoms with van der Waals surface area (Å²) in [5, 5.41) is 29.8. The van der Waals surface area contributed by atoms with Gasteiger partial charge in [-0.2, -0.15) is 5.10 Å². The molecule has 3 heterocycles. The number of aryl methyl sites for hydroxylation is 1. The molecular formula is C16H21N5O3. The van der Waals surface area contributed by atoms with E-state index >= 15 is 0 Å². The van der Waals surface area contributed by atoms with E-state index in [1.807, 2.05) is 17.9 Å². The number of H-pyrrole nitrogens is 1. The smallest absolute Gasteiger partial charge is 0.269 e. The fourth-order valence-electron chi connectivity index (χ4n) is 2.94. The van der Waals surface area contributed by atoms with Gasteiger partial charge in [0.2, 0.25) is 0 Å². The van der Waals surface area contributed by atoms with Crippen LogP contribution in [0.15, 0.2) is 30.7 Å². The molecule has 2 aromatic heterocycles. The summed E-state index contributed by atoms with van der Waals surface area (Å²) in [6, 6.07) is 3.57. The molecule has 8 heteroatoms. The van der Waals surface area contributed by atoms with E-state index in [1.54, 1.807) is 18.5 Å². The van der Waals surface area contributed by atoms with Crippen LogP contribution in [0.5, 0.6) is 0 Å². The van der Waals surface area contributed by atoms with Gasteiger partial charge in [-0.25, -0.2) is 0 Å². The minimum Gasteiger partial charge on any atom is -0.389 e. The van der Waals surface area contributed by atoms with Crippen molar-refractivity contribution < 1.29 is 15.0 Å². The molecule has 1 aliphatic heterocycles. The largest absolute Gasteiger partial charge is 0.389 e. The number of nitrogens with one attached hydrogen (secondary N) is 2. The van der Waals surface area contributed by atoms with Crippen molar-refractivity contribution in [2.45, 2.75) is 25.2 Å². The lowest BCUT2D eigenvalue weighted by Gasteiger charge is -2.26. The molecule has 2 aromatic rings. The third-order valence-electron chi connectivity index (χ3n) is 4.19. The summed E-state index contributed by atoms with van der Waals surface area (Å²) in [5.74, 6) is -0.366. The van der Waals surface area contributed by atoms with Gasteiger partial charge in [-0.05, 0) is 24.1 Å². The Balaban J connectivity index is 1.58. The highest BCUT2D eigenvalue weighted by molar-refractivity contribution is 5.92.